The summed E-state index contributed by atoms with van der Waals surface area (Å²) in [4.78, 5) is 29.0. The van der Waals surface area contributed by atoms with Crippen LogP contribution in [-0.4, -0.2) is 91.9 Å². The molecular formula is C22H48N2O5Si4. The van der Waals surface area contributed by atoms with Crippen molar-refractivity contribution in [3.8, 4) is 0 Å². The molecule has 4 unspecified atom stereocenters. The van der Waals surface area contributed by atoms with E-state index < -0.39 is 39.2 Å². The van der Waals surface area contributed by atoms with Crippen molar-refractivity contribution in [1.82, 2.24) is 9.47 Å². The number of hydrogen-bond acceptors (Lipinski definition) is 6. The van der Waals surface area contributed by atoms with E-state index in [4.69, 9.17) is 13.3 Å². The fourth-order valence-corrected chi connectivity index (χ4v) is 9.75. The molecule has 1 amide bonds. The summed E-state index contributed by atoms with van der Waals surface area (Å²) in [6.07, 6.45) is 1.17. The second kappa shape index (κ2) is 9.98. The molecule has 2 fully saturated rings. The Morgan fingerprint density at radius 1 is 0.667 bits per heavy atom. The van der Waals surface area contributed by atoms with Crippen LogP contribution in [0.2, 0.25) is 78.6 Å². The van der Waals surface area contributed by atoms with Gasteiger partial charge in [-0.2, -0.15) is 0 Å². The molecule has 4 atom stereocenters. The van der Waals surface area contributed by atoms with Crippen LogP contribution in [0, 0.1) is 0 Å². The van der Waals surface area contributed by atoms with Crippen LogP contribution in [0.1, 0.15) is 12.8 Å². The Labute approximate surface area is 206 Å². The van der Waals surface area contributed by atoms with Crippen molar-refractivity contribution in [2.45, 2.75) is 116 Å². The third-order valence-corrected chi connectivity index (χ3v) is 10.8. The first-order valence-corrected chi connectivity index (χ1v) is 26.0. The minimum absolute atomic E-state index is 0.0401. The maximum absolute atomic E-state index is 14.0. The van der Waals surface area contributed by atoms with Crippen LogP contribution in [0.15, 0.2) is 0 Å². The maximum Gasteiger partial charge on any atom is 0.315 e. The van der Waals surface area contributed by atoms with Gasteiger partial charge in [-0.3, -0.25) is 9.59 Å². The third-order valence-electron chi connectivity index (χ3n) is 5.67. The van der Waals surface area contributed by atoms with Gasteiger partial charge in [-0.15, -0.1) is 0 Å². The molecule has 33 heavy (non-hydrogen) atoms. The maximum atomic E-state index is 14.0. The van der Waals surface area contributed by atoms with E-state index >= 15 is 0 Å². The summed E-state index contributed by atoms with van der Waals surface area (Å²) in [5, 5.41) is 0. The molecule has 0 aliphatic carbocycles. The highest BCUT2D eigenvalue weighted by Crippen LogP contribution is 2.33. The fraction of sp³-hybridized carbons (Fsp3) is 0.909. The van der Waals surface area contributed by atoms with Gasteiger partial charge in [0.05, 0.1) is 18.2 Å². The van der Waals surface area contributed by atoms with Crippen molar-refractivity contribution in [3.63, 3.8) is 0 Å². The van der Waals surface area contributed by atoms with Crippen LogP contribution >= 0.6 is 0 Å². The molecule has 2 rings (SSSR count). The van der Waals surface area contributed by atoms with Crippen molar-refractivity contribution in [3.05, 3.63) is 0 Å². The molecule has 2 saturated heterocycles. The number of amides is 1. The van der Waals surface area contributed by atoms with E-state index in [1.165, 1.54) is 0 Å². The Hall–Kier alpha value is -0.312. The molecular weight excluding hydrogens is 485 g/mol. The van der Waals surface area contributed by atoms with Gasteiger partial charge in [-0.1, -0.05) is 19.6 Å². The van der Waals surface area contributed by atoms with Gasteiger partial charge >= 0.3 is 5.97 Å². The lowest BCUT2D eigenvalue weighted by molar-refractivity contribution is -0.148. The van der Waals surface area contributed by atoms with Crippen LogP contribution in [0.4, 0.5) is 0 Å². The molecule has 192 valence electrons. The van der Waals surface area contributed by atoms with Crippen LogP contribution < -0.4 is 0 Å². The first kappa shape index (κ1) is 28.9. The lowest BCUT2D eigenvalue weighted by atomic mass is 10.1. The molecule has 2 aliphatic heterocycles. The molecule has 0 aromatic rings. The topological polar surface area (TPSA) is 68.3 Å². The van der Waals surface area contributed by atoms with Crippen LogP contribution in [0.25, 0.3) is 0 Å². The van der Waals surface area contributed by atoms with E-state index in [1.54, 1.807) is 4.90 Å². The molecule has 0 spiro atoms. The highest BCUT2D eigenvalue weighted by molar-refractivity contribution is 6.73. The first-order chi connectivity index (χ1) is 14.7. The van der Waals surface area contributed by atoms with Gasteiger partial charge in [0, 0.05) is 19.5 Å². The van der Waals surface area contributed by atoms with Crippen molar-refractivity contribution in [2.24, 2.45) is 0 Å². The van der Waals surface area contributed by atoms with Crippen LogP contribution in [0.5, 0.6) is 0 Å². The van der Waals surface area contributed by atoms with E-state index in [0.29, 0.717) is 19.4 Å². The molecule has 7 nitrogen and oxygen atoms in total. The third kappa shape index (κ3) is 8.69. The van der Waals surface area contributed by atoms with Gasteiger partial charge in [0.2, 0.25) is 14.2 Å². The predicted octanol–water partition coefficient (Wildman–Crippen LogP) is 4.31. The number of rotatable bonds is 8. The first-order valence-electron chi connectivity index (χ1n) is 12.3. The van der Waals surface area contributed by atoms with Crippen molar-refractivity contribution in [1.29, 1.82) is 0 Å². The van der Waals surface area contributed by atoms with Crippen molar-refractivity contribution in [2.75, 3.05) is 13.1 Å². The summed E-state index contributed by atoms with van der Waals surface area (Å²) in [6, 6.07) is -0.808. The predicted molar refractivity (Wildman–Crippen MR) is 144 cm³/mol. The van der Waals surface area contributed by atoms with E-state index in [-0.39, 0.29) is 30.1 Å². The Kier molecular flexibility index (Phi) is 8.74. The Morgan fingerprint density at radius 3 is 1.55 bits per heavy atom. The smallest absolute Gasteiger partial charge is 0.315 e. The molecule has 11 heteroatoms. The van der Waals surface area contributed by atoms with Gasteiger partial charge in [0.25, 0.3) is 0 Å². The van der Waals surface area contributed by atoms with E-state index in [1.807, 2.05) is 19.6 Å². The highest BCUT2D eigenvalue weighted by Gasteiger charge is 2.50. The molecule has 2 heterocycles. The van der Waals surface area contributed by atoms with E-state index in [9.17, 15) is 9.59 Å². The Balaban J connectivity index is 2.31. The van der Waals surface area contributed by atoms with Crippen LogP contribution in [-0.2, 0) is 22.9 Å². The SMILES string of the molecule is C[Si](C)(C)OC(=O)C1CC(O[Si](C)(C)C)CN1C(=O)C1CC(O[Si](C)(C)C)CN1[Si](C)(C)C. The van der Waals surface area contributed by atoms with E-state index in [2.05, 4.69) is 63.5 Å². The summed E-state index contributed by atoms with van der Waals surface area (Å²) in [5.41, 5.74) is 0. The molecule has 0 aromatic carbocycles. The Bertz CT molecular complexity index is 724. The second-order valence-corrected chi connectivity index (χ2v) is 31.8. The fourth-order valence-electron chi connectivity index (χ4n) is 4.77. The molecule has 0 saturated carbocycles. The van der Waals surface area contributed by atoms with Crippen molar-refractivity contribution >= 4 is 45.1 Å². The minimum atomic E-state index is -2.07. The van der Waals surface area contributed by atoms with Gasteiger partial charge in [0.1, 0.15) is 14.3 Å². The number of carbonyl (C=O) groups excluding carboxylic acids is 2. The quantitative estimate of drug-likeness (QED) is 0.434. The largest absolute Gasteiger partial charge is 0.518 e. The lowest BCUT2D eigenvalue weighted by Gasteiger charge is -2.37. The summed E-state index contributed by atoms with van der Waals surface area (Å²) < 4.78 is 21.1. The second-order valence-electron chi connectivity index (χ2n) is 13.6. The molecule has 0 bridgehead atoms. The summed E-state index contributed by atoms with van der Waals surface area (Å²) in [6.45, 7) is 27.1. The molecule has 2 aliphatic rings. The van der Waals surface area contributed by atoms with E-state index in [0.717, 1.165) is 6.54 Å². The standard InChI is InChI=1S/C22H48N2O5Si4/c1-30(2,3)24-16-18(28-32(7,8)9)13-19(24)21(25)23-15-17(27-31(4,5)6)14-20(23)22(26)29-33(10,11)12/h17-20H,13-16H2,1-12H3. The highest BCUT2D eigenvalue weighted by atomic mass is 28.4. The minimum Gasteiger partial charge on any atom is -0.518 e. The van der Waals surface area contributed by atoms with Gasteiger partial charge in [-0.25, -0.2) is 0 Å². The monoisotopic (exact) mass is 532 g/mol. The molecule has 0 N–H and O–H groups in total. The lowest BCUT2D eigenvalue weighted by Crippen LogP contribution is -2.57. The summed E-state index contributed by atoms with van der Waals surface area (Å²) in [7, 11) is -7.38. The Morgan fingerprint density at radius 2 is 1.12 bits per heavy atom. The zero-order valence-electron chi connectivity index (χ0n) is 23.1. The van der Waals surface area contributed by atoms with Gasteiger partial charge < -0.3 is 22.7 Å². The van der Waals surface area contributed by atoms with Gasteiger partial charge in [0.15, 0.2) is 16.6 Å². The molecule has 0 radical (unpaired) electrons. The summed E-state index contributed by atoms with van der Waals surface area (Å²) in [5.74, 6) is -0.227. The number of nitrogens with zero attached hydrogens (tertiary/aromatic N) is 2. The number of likely N-dealkylation sites (tertiary alicyclic amines) is 1. The molecule has 0 aromatic heterocycles. The average Bonchev–Trinajstić information content (AvgIpc) is 3.13. The normalized spacial score (nSPS) is 27.8. The number of hydrogen-bond donors (Lipinski definition) is 0. The van der Waals surface area contributed by atoms with Crippen molar-refractivity contribution < 1.29 is 22.9 Å². The van der Waals surface area contributed by atoms with Gasteiger partial charge in [-0.05, 0) is 65.3 Å². The zero-order valence-corrected chi connectivity index (χ0v) is 27.1. The summed E-state index contributed by atoms with van der Waals surface area (Å²) >= 11 is 0. The van der Waals surface area contributed by atoms with Crippen LogP contribution in [0.3, 0.4) is 0 Å². The zero-order chi connectivity index (χ0) is 25.6. The average molecular weight is 533 g/mol. The number of carbonyl (C=O) groups is 2.